The minimum atomic E-state index is -0.258. The summed E-state index contributed by atoms with van der Waals surface area (Å²) < 4.78 is 14.3. The summed E-state index contributed by atoms with van der Waals surface area (Å²) >= 11 is 4.62. The molecule has 0 bridgehead atoms. The number of rotatable bonds is 5. The molecule has 2 aliphatic carbocycles. The van der Waals surface area contributed by atoms with Crippen LogP contribution < -0.4 is 0 Å². The highest BCUT2D eigenvalue weighted by Gasteiger charge is 2.25. The van der Waals surface area contributed by atoms with E-state index >= 15 is 0 Å². The summed E-state index contributed by atoms with van der Waals surface area (Å²) in [6.45, 7) is 4.31. The van der Waals surface area contributed by atoms with Gasteiger partial charge in [-0.05, 0) is 85.7 Å². The van der Waals surface area contributed by atoms with Gasteiger partial charge in [0.2, 0.25) is 0 Å². The zero-order chi connectivity index (χ0) is 18.5. The Hall–Kier alpha value is -1.05. The molecule has 1 aromatic rings. The molecule has 0 atom stereocenters. The smallest absolute Gasteiger partial charge is 0.150 e. The summed E-state index contributed by atoms with van der Waals surface area (Å²) in [7, 11) is 0. The highest BCUT2D eigenvalue weighted by Crippen LogP contribution is 2.41. The van der Waals surface area contributed by atoms with Crippen LogP contribution in [0, 0.1) is 30.5 Å². The number of nitrogens with zero attached hydrogens (tertiary/aromatic N) is 1. The van der Waals surface area contributed by atoms with E-state index in [0.29, 0.717) is 11.6 Å². The molecular weight excluding hydrogens is 341 g/mol. The molecule has 3 heteroatoms. The summed E-state index contributed by atoms with van der Waals surface area (Å²) in [5.41, 5.74) is 2.35. The molecule has 3 rings (SSSR count). The molecule has 0 aromatic heterocycles. The summed E-state index contributed by atoms with van der Waals surface area (Å²) in [5.74, 6) is 3.06. The molecule has 0 saturated heterocycles. The van der Waals surface area contributed by atoms with E-state index in [9.17, 15) is 4.39 Å². The quantitative estimate of drug-likeness (QED) is 0.379. The molecule has 26 heavy (non-hydrogen) atoms. The third-order valence-corrected chi connectivity index (χ3v) is 6.96. The highest BCUT2D eigenvalue weighted by atomic mass is 32.1. The van der Waals surface area contributed by atoms with E-state index in [1.807, 2.05) is 6.92 Å². The molecule has 142 valence electrons. The predicted octanol–water partition coefficient (Wildman–Crippen LogP) is 7.75. The Balaban J connectivity index is 1.50. The number of halogens is 1. The first-order valence-electron chi connectivity index (χ1n) is 10.4. The number of isothiocyanates is 1. The first-order valence-corrected chi connectivity index (χ1v) is 10.9. The van der Waals surface area contributed by atoms with Gasteiger partial charge in [0.25, 0.3) is 0 Å². The molecule has 2 fully saturated rings. The van der Waals surface area contributed by atoms with E-state index < -0.39 is 0 Å². The molecule has 0 radical (unpaired) electrons. The van der Waals surface area contributed by atoms with E-state index in [0.717, 1.165) is 28.9 Å². The van der Waals surface area contributed by atoms with Gasteiger partial charge in [0.05, 0.1) is 5.16 Å². The van der Waals surface area contributed by atoms with E-state index in [4.69, 9.17) is 0 Å². The van der Waals surface area contributed by atoms with Crippen molar-refractivity contribution in [2.75, 3.05) is 0 Å². The van der Waals surface area contributed by atoms with Crippen LogP contribution in [-0.2, 0) is 0 Å². The van der Waals surface area contributed by atoms with Crippen molar-refractivity contribution in [1.29, 1.82) is 0 Å². The van der Waals surface area contributed by atoms with Crippen molar-refractivity contribution in [2.45, 2.75) is 84.0 Å². The SMILES string of the molecule is Cc1cc(C2CCC(CCC3CCC(C)CC3)CC2)cc(F)c1N=C=S. The van der Waals surface area contributed by atoms with Crippen LogP contribution in [0.2, 0.25) is 0 Å². The van der Waals surface area contributed by atoms with Crippen LogP contribution in [0.25, 0.3) is 0 Å². The molecular formula is C23H32FNS. The highest BCUT2D eigenvalue weighted by molar-refractivity contribution is 7.78. The van der Waals surface area contributed by atoms with Crippen molar-refractivity contribution >= 4 is 23.1 Å². The zero-order valence-corrected chi connectivity index (χ0v) is 17.1. The summed E-state index contributed by atoms with van der Waals surface area (Å²) in [6, 6.07) is 3.77. The van der Waals surface area contributed by atoms with Gasteiger partial charge in [-0.3, -0.25) is 0 Å². The molecule has 0 amide bonds. The van der Waals surface area contributed by atoms with E-state index in [1.54, 1.807) is 6.07 Å². The van der Waals surface area contributed by atoms with Crippen LogP contribution in [0.5, 0.6) is 0 Å². The summed E-state index contributed by atoms with van der Waals surface area (Å²) in [6.07, 6.45) is 13.6. The Morgan fingerprint density at radius 1 is 1.00 bits per heavy atom. The maximum absolute atomic E-state index is 14.3. The van der Waals surface area contributed by atoms with Crippen molar-refractivity contribution in [2.24, 2.45) is 22.7 Å². The van der Waals surface area contributed by atoms with Gasteiger partial charge in [-0.15, -0.1) is 0 Å². The lowest BCUT2D eigenvalue weighted by atomic mass is 9.74. The average Bonchev–Trinajstić information content (AvgIpc) is 2.64. The predicted molar refractivity (Wildman–Crippen MR) is 111 cm³/mol. The van der Waals surface area contributed by atoms with Crippen molar-refractivity contribution in [3.63, 3.8) is 0 Å². The number of hydrogen-bond donors (Lipinski definition) is 0. The van der Waals surface area contributed by atoms with Crippen molar-refractivity contribution in [1.82, 2.24) is 0 Å². The van der Waals surface area contributed by atoms with Crippen LogP contribution in [0.15, 0.2) is 17.1 Å². The molecule has 0 N–H and O–H groups in total. The second-order valence-corrected chi connectivity index (χ2v) is 8.97. The molecule has 0 spiro atoms. The Labute approximate surface area is 163 Å². The Morgan fingerprint density at radius 2 is 1.58 bits per heavy atom. The van der Waals surface area contributed by atoms with Crippen molar-refractivity contribution in [3.8, 4) is 0 Å². The van der Waals surface area contributed by atoms with Gasteiger partial charge < -0.3 is 0 Å². The second kappa shape index (κ2) is 9.24. The number of aryl methyl sites for hydroxylation is 1. The lowest BCUT2D eigenvalue weighted by molar-refractivity contribution is 0.237. The van der Waals surface area contributed by atoms with Gasteiger partial charge in [-0.1, -0.05) is 51.5 Å². The summed E-state index contributed by atoms with van der Waals surface area (Å²) in [4.78, 5) is 3.87. The topological polar surface area (TPSA) is 12.4 Å². The monoisotopic (exact) mass is 373 g/mol. The van der Waals surface area contributed by atoms with Gasteiger partial charge in [-0.2, -0.15) is 4.99 Å². The fourth-order valence-electron chi connectivity index (χ4n) is 5.06. The van der Waals surface area contributed by atoms with Crippen LogP contribution in [0.1, 0.15) is 88.2 Å². The third-order valence-electron chi connectivity index (χ3n) is 6.87. The van der Waals surface area contributed by atoms with Crippen LogP contribution in [-0.4, -0.2) is 5.16 Å². The van der Waals surface area contributed by atoms with E-state index in [-0.39, 0.29) is 5.82 Å². The molecule has 0 heterocycles. The van der Waals surface area contributed by atoms with Gasteiger partial charge in [0, 0.05) is 0 Å². The van der Waals surface area contributed by atoms with Crippen molar-refractivity contribution in [3.05, 3.63) is 29.1 Å². The van der Waals surface area contributed by atoms with Crippen LogP contribution in [0.3, 0.4) is 0 Å². The number of thiocarbonyl (C=S) groups is 1. The molecule has 0 aliphatic heterocycles. The third kappa shape index (κ3) is 5.02. The normalized spacial score (nSPS) is 29.2. The molecule has 2 saturated carbocycles. The second-order valence-electron chi connectivity index (χ2n) is 8.79. The number of hydrogen-bond acceptors (Lipinski definition) is 2. The maximum Gasteiger partial charge on any atom is 0.150 e. The minimum Gasteiger partial charge on any atom is -0.205 e. The Bertz CT molecular complexity index is 625. The summed E-state index contributed by atoms with van der Waals surface area (Å²) in [5, 5.41) is 2.28. The van der Waals surface area contributed by atoms with Gasteiger partial charge >= 0.3 is 0 Å². The zero-order valence-electron chi connectivity index (χ0n) is 16.3. The maximum atomic E-state index is 14.3. The van der Waals surface area contributed by atoms with Gasteiger partial charge in [0.15, 0.2) is 0 Å². The van der Waals surface area contributed by atoms with E-state index in [2.05, 4.69) is 35.4 Å². The fraction of sp³-hybridized carbons (Fsp3) is 0.696. The van der Waals surface area contributed by atoms with Crippen LogP contribution in [0.4, 0.5) is 10.1 Å². The minimum absolute atomic E-state index is 0.258. The first kappa shape index (κ1) is 19.7. The Kier molecular flexibility index (Phi) is 7.00. The van der Waals surface area contributed by atoms with Gasteiger partial charge in [0.1, 0.15) is 11.5 Å². The number of benzene rings is 1. The van der Waals surface area contributed by atoms with Crippen LogP contribution >= 0.6 is 12.2 Å². The van der Waals surface area contributed by atoms with E-state index in [1.165, 1.54) is 64.2 Å². The van der Waals surface area contributed by atoms with Crippen molar-refractivity contribution < 1.29 is 4.39 Å². The average molecular weight is 374 g/mol. The molecule has 1 aromatic carbocycles. The molecule has 1 nitrogen and oxygen atoms in total. The fourth-order valence-corrected chi connectivity index (χ4v) is 5.15. The lowest BCUT2D eigenvalue weighted by Gasteiger charge is -2.31. The number of aliphatic imine (C=N–C) groups is 1. The standard InChI is InChI=1S/C23H32FNS/c1-16-3-5-18(6-4-16)7-8-19-9-11-20(12-10-19)21-13-17(2)23(25-15-26)22(24)14-21/h13-14,16,18-20H,3-12H2,1-2H3. The molecule has 2 aliphatic rings. The van der Waals surface area contributed by atoms with Gasteiger partial charge in [-0.25, -0.2) is 4.39 Å². The Morgan fingerprint density at radius 3 is 2.12 bits per heavy atom. The molecule has 0 unspecified atom stereocenters. The largest absolute Gasteiger partial charge is 0.205 e. The lowest BCUT2D eigenvalue weighted by Crippen LogP contribution is -2.17. The first-order chi connectivity index (χ1) is 12.6.